The molecule has 156 valence electrons. The average Bonchev–Trinajstić information content (AvgIpc) is 3.19. The Morgan fingerprint density at radius 1 is 1.34 bits per heavy atom. The van der Waals surface area contributed by atoms with Gasteiger partial charge in [-0.1, -0.05) is 13.8 Å². The van der Waals surface area contributed by atoms with Gasteiger partial charge in [0.2, 0.25) is 0 Å². The summed E-state index contributed by atoms with van der Waals surface area (Å²) in [7, 11) is 2.73. The molecule has 29 heavy (non-hydrogen) atoms. The number of fused-ring (bicyclic) bond motifs is 1. The van der Waals surface area contributed by atoms with Crippen molar-refractivity contribution in [3.8, 4) is 5.75 Å². The molecule has 0 bridgehead atoms. The lowest BCUT2D eigenvalue weighted by molar-refractivity contribution is -0.144. The van der Waals surface area contributed by atoms with E-state index in [9.17, 15) is 14.0 Å². The molecule has 8 nitrogen and oxygen atoms in total. The van der Waals surface area contributed by atoms with Crippen molar-refractivity contribution in [3.63, 3.8) is 0 Å². The van der Waals surface area contributed by atoms with Crippen molar-refractivity contribution >= 4 is 12.0 Å². The molecule has 1 aliphatic rings. The Hall–Kier alpha value is -3.10. The van der Waals surface area contributed by atoms with Gasteiger partial charge >= 0.3 is 12.0 Å². The molecule has 1 aliphatic heterocycles. The minimum absolute atomic E-state index is 0.173. The summed E-state index contributed by atoms with van der Waals surface area (Å²) < 4.78 is 24.8. The van der Waals surface area contributed by atoms with Gasteiger partial charge in [0.25, 0.3) is 0 Å². The molecule has 2 heterocycles. The van der Waals surface area contributed by atoms with Crippen molar-refractivity contribution in [1.82, 2.24) is 20.2 Å². The van der Waals surface area contributed by atoms with E-state index in [0.29, 0.717) is 30.0 Å². The number of carbonyl (C=O) groups excluding carboxylic acids is 2. The number of ether oxygens (including phenoxy) is 2. The number of nitrogens with zero attached hydrogens (tertiary/aromatic N) is 2. The van der Waals surface area contributed by atoms with Crippen LogP contribution in [0.2, 0.25) is 0 Å². The maximum atomic E-state index is 14.9. The predicted octanol–water partition coefficient (Wildman–Crippen LogP) is 2.41. The van der Waals surface area contributed by atoms with Crippen LogP contribution in [0.5, 0.6) is 5.75 Å². The molecule has 1 aromatic heterocycles. The van der Waals surface area contributed by atoms with Gasteiger partial charge in [0.1, 0.15) is 23.7 Å². The molecule has 0 spiro atoms. The van der Waals surface area contributed by atoms with Gasteiger partial charge in [0.15, 0.2) is 0 Å². The van der Waals surface area contributed by atoms with Crippen molar-refractivity contribution in [2.45, 2.75) is 32.4 Å². The zero-order valence-corrected chi connectivity index (χ0v) is 16.9. The number of imidazole rings is 1. The number of hydrogen-bond acceptors (Lipinski definition) is 5. The van der Waals surface area contributed by atoms with Crippen LogP contribution in [0.4, 0.5) is 9.18 Å². The fraction of sp³-hybridized carbons (Fsp3) is 0.450. The van der Waals surface area contributed by atoms with Crippen LogP contribution >= 0.6 is 0 Å². The minimum atomic E-state index is -0.811. The summed E-state index contributed by atoms with van der Waals surface area (Å²) in [4.78, 5) is 34.0. The highest BCUT2D eigenvalue weighted by molar-refractivity contribution is 5.84. The van der Waals surface area contributed by atoms with Crippen LogP contribution in [-0.2, 0) is 16.0 Å². The monoisotopic (exact) mass is 404 g/mol. The summed E-state index contributed by atoms with van der Waals surface area (Å²) in [6.45, 7) is 3.96. The molecule has 2 N–H and O–H groups in total. The Kier molecular flexibility index (Phi) is 6.05. The minimum Gasteiger partial charge on any atom is -0.497 e. The highest BCUT2D eigenvalue weighted by Gasteiger charge is 2.37. The highest BCUT2D eigenvalue weighted by Crippen LogP contribution is 2.35. The Labute approximate surface area is 168 Å². The van der Waals surface area contributed by atoms with E-state index in [-0.39, 0.29) is 5.92 Å². The van der Waals surface area contributed by atoms with Gasteiger partial charge in [-0.05, 0) is 18.1 Å². The number of halogens is 1. The maximum absolute atomic E-state index is 14.9. The van der Waals surface area contributed by atoms with Crippen LogP contribution in [0.3, 0.4) is 0 Å². The average molecular weight is 404 g/mol. The molecule has 0 saturated carbocycles. The fourth-order valence-corrected chi connectivity index (χ4v) is 3.51. The SMILES string of the molecule is COC(=O)[C@H](NC(=O)N1CCc2[nH]cnc2[C@H]1c1ccc(OC)cc1F)C(C)C. The van der Waals surface area contributed by atoms with E-state index in [0.717, 1.165) is 5.69 Å². The molecule has 2 aromatic rings. The number of amides is 2. The zero-order valence-electron chi connectivity index (χ0n) is 16.9. The van der Waals surface area contributed by atoms with E-state index < -0.39 is 29.9 Å². The summed E-state index contributed by atoms with van der Waals surface area (Å²) >= 11 is 0. The van der Waals surface area contributed by atoms with E-state index in [1.54, 1.807) is 12.1 Å². The molecule has 0 aliphatic carbocycles. The van der Waals surface area contributed by atoms with Gasteiger partial charge in [-0.15, -0.1) is 0 Å². The summed E-state index contributed by atoms with van der Waals surface area (Å²) in [5, 5.41) is 2.73. The van der Waals surface area contributed by atoms with Crippen LogP contribution in [0.1, 0.15) is 36.8 Å². The van der Waals surface area contributed by atoms with Gasteiger partial charge in [-0.3, -0.25) is 0 Å². The number of hydrogen-bond donors (Lipinski definition) is 2. The molecule has 1 aromatic carbocycles. The number of esters is 1. The van der Waals surface area contributed by atoms with E-state index in [2.05, 4.69) is 15.3 Å². The first kappa shape index (κ1) is 20.6. The number of rotatable bonds is 5. The number of urea groups is 1. The normalized spacial score (nSPS) is 16.9. The summed E-state index contributed by atoms with van der Waals surface area (Å²) in [5.74, 6) is -0.825. The Bertz CT molecular complexity index is 898. The summed E-state index contributed by atoms with van der Waals surface area (Å²) in [5.41, 5.74) is 1.73. The third-order valence-electron chi connectivity index (χ3n) is 5.09. The van der Waals surface area contributed by atoms with Gasteiger partial charge in [-0.25, -0.2) is 19.0 Å². The third-order valence-corrected chi connectivity index (χ3v) is 5.09. The number of aromatic nitrogens is 2. The quantitative estimate of drug-likeness (QED) is 0.746. The smallest absolute Gasteiger partial charge is 0.328 e. The van der Waals surface area contributed by atoms with Gasteiger partial charge < -0.3 is 24.7 Å². The number of aromatic amines is 1. The summed E-state index contributed by atoms with van der Waals surface area (Å²) in [6, 6.07) is 2.47. The van der Waals surface area contributed by atoms with Gasteiger partial charge in [0, 0.05) is 30.3 Å². The molecule has 0 saturated heterocycles. The molecule has 2 amide bonds. The van der Waals surface area contributed by atoms with Crippen molar-refractivity contribution in [2.75, 3.05) is 20.8 Å². The number of nitrogens with one attached hydrogen (secondary N) is 2. The van der Waals surface area contributed by atoms with Gasteiger partial charge in [0.05, 0.1) is 26.2 Å². The lowest BCUT2D eigenvalue weighted by Crippen LogP contribution is -2.53. The van der Waals surface area contributed by atoms with Crippen LogP contribution in [-0.4, -0.2) is 53.7 Å². The molecular weight excluding hydrogens is 379 g/mol. The number of methoxy groups -OCH3 is 2. The second-order valence-corrected chi connectivity index (χ2v) is 7.19. The van der Waals surface area contributed by atoms with E-state index in [1.807, 2.05) is 13.8 Å². The molecule has 2 atom stereocenters. The first-order valence-electron chi connectivity index (χ1n) is 9.37. The molecular formula is C20H25FN4O4. The van der Waals surface area contributed by atoms with E-state index >= 15 is 0 Å². The second-order valence-electron chi connectivity index (χ2n) is 7.19. The number of carbonyl (C=O) groups is 2. The van der Waals surface area contributed by atoms with Crippen molar-refractivity contribution in [1.29, 1.82) is 0 Å². The van der Waals surface area contributed by atoms with Crippen LogP contribution in [0, 0.1) is 11.7 Å². The maximum Gasteiger partial charge on any atom is 0.328 e. The number of H-pyrrole nitrogens is 1. The van der Waals surface area contributed by atoms with Crippen molar-refractivity contribution in [3.05, 3.63) is 47.3 Å². The molecule has 0 fully saturated rings. The van der Waals surface area contributed by atoms with E-state index in [1.165, 1.54) is 31.5 Å². The lowest BCUT2D eigenvalue weighted by Gasteiger charge is -2.36. The highest BCUT2D eigenvalue weighted by atomic mass is 19.1. The zero-order chi connectivity index (χ0) is 21.1. The topological polar surface area (TPSA) is 96.6 Å². The lowest BCUT2D eigenvalue weighted by atomic mass is 9.95. The van der Waals surface area contributed by atoms with Crippen LogP contribution < -0.4 is 10.1 Å². The summed E-state index contributed by atoms with van der Waals surface area (Å²) in [6.07, 6.45) is 2.08. The molecule has 3 rings (SSSR count). The molecule has 0 radical (unpaired) electrons. The Morgan fingerprint density at radius 2 is 2.10 bits per heavy atom. The predicted molar refractivity (Wildman–Crippen MR) is 103 cm³/mol. The molecule has 0 unspecified atom stereocenters. The third kappa shape index (κ3) is 4.03. The molecule has 9 heteroatoms. The Balaban J connectivity index is 1.97. The fourth-order valence-electron chi connectivity index (χ4n) is 3.51. The Morgan fingerprint density at radius 3 is 2.72 bits per heavy atom. The van der Waals surface area contributed by atoms with E-state index in [4.69, 9.17) is 9.47 Å². The second kappa shape index (κ2) is 8.50. The first-order valence-corrected chi connectivity index (χ1v) is 9.37. The first-order chi connectivity index (χ1) is 13.9. The largest absolute Gasteiger partial charge is 0.497 e. The van der Waals surface area contributed by atoms with Crippen LogP contribution in [0.25, 0.3) is 0 Å². The van der Waals surface area contributed by atoms with Gasteiger partial charge in [-0.2, -0.15) is 0 Å². The van der Waals surface area contributed by atoms with Crippen molar-refractivity contribution in [2.24, 2.45) is 5.92 Å². The number of benzene rings is 1. The van der Waals surface area contributed by atoms with Crippen molar-refractivity contribution < 1.29 is 23.5 Å². The standard InChI is InChI=1S/C20H25FN4O4/c1-11(2)16(19(26)29-4)24-20(27)25-8-7-15-17(23-10-22-15)18(25)13-6-5-12(28-3)9-14(13)21/h5-6,9-11,16,18H,7-8H2,1-4H3,(H,22,23)(H,24,27)/t16-,18-/m1/s1. The van der Waals surface area contributed by atoms with Crippen LogP contribution in [0.15, 0.2) is 24.5 Å².